The molecule has 0 spiro atoms. The standard InChI is InChI=1S/C15H18N2OS/c1-4-5-9-15(18,13-8-6-7-10-16-13)14-17-11(2)12(3)19-14/h4,6-8,10,18H,1,5,9H2,2-3H3. The number of hydrogen-bond acceptors (Lipinski definition) is 4. The molecule has 4 heteroatoms. The molecule has 0 saturated heterocycles. The first-order chi connectivity index (χ1) is 9.08. The molecule has 0 aliphatic carbocycles. The summed E-state index contributed by atoms with van der Waals surface area (Å²) in [6, 6.07) is 5.57. The number of aryl methyl sites for hydroxylation is 2. The van der Waals surface area contributed by atoms with Gasteiger partial charge in [-0.2, -0.15) is 0 Å². The molecule has 0 aromatic carbocycles. The minimum Gasteiger partial charge on any atom is -0.376 e. The smallest absolute Gasteiger partial charge is 0.158 e. The topological polar surface area (TPSA) is 46.0 Å². The highest BCUT2D eigenvalue weighted by atomic mass is 32.1. The van der Waals surface area contributed by atoms with Crippen LogP contribution in [0.25, 0.3) is 0 Å². The SMILES string of the molecule is C=CCCC(O)(c1ccccn1)c1nc(C)c(C)s1. The molecule has 1 atom stereocenters. The Labute approximate surface area is 117 Å². The van der Waals surface area contributed by atoms with Gasteiger partial charge in [0.05, 0.1) is 11.4 Å². The fraction of sp³-hybridized carbons (Fsp3) is 0.333. The average molecular weight is 274 g/mol. The van der Waals surface area contributed by atoms with Gasteiger partial charge in [-0.1, -0.05) is 12.1 Å². The van der Waals surface area contributed by atoms with Crippen LogP contribution in [0.5, 0.6) is 0 Å². The number of nitrogens with zero attached hydrogens (tertiary/aromatic N) is 2. The van der Waals surface area contributed by atoms with E-state index in [0.29, 0.717) is 23.5 Å². The Balaban J connectivity index is 2.48. The Bertz CT molecular complexity index is 545. The van der Waals surface area contributed by atoms with Gasteiger partial charge in [0.25, 0.3) is 0 Å². The van der Waals surface area contributed by atoms with Crippen molar-refractivity contribution in [2.24, 2.45) is 0 Å². The highest BCUT2D eigenvalue weighted by Crippen LogP contribution is 2.36. The fourth-order valence-corrected chi connectivity index (χ4v) is 2.95. The monoisotopic (exact) mass is 274 g/mol. The van der Waals surface area contributed by atoms with Gasteiger partial charge < -0.3 is 5.11 Å². The fourth-order valence-electron chi connectivity index (χ4n) is 1.91. The summed E-state index contributed by atoms with van der Waals surface area (Å²) < 4.78 is 0. The number of allylic oxidation sites excluding steroid dienone is 1. The second-order valence-corrected chi connectivity index (χ2v) is 5.77. The van der Waals surface area contributed by atoms with Crippen LogP contribution >= 0.6 is 11.3 Å². The Kier molecular flexibility index (Phi) is 4.12. The summed E-state index contributed by atoms with van der Waals surface area (Å²) in [5.41, 5.74) is 0.484. The van der Waals surface area contributed by atoms with Gasteiger partial charge in [-0.25, -0.2) is 4.98 Å². The van der Waals surface area contributed by atoms with E-state index < -0.39 is 5.60 Å². The van der Waals surface area contributed by atoms with Crippen molar-refractivity contribution in [3.63, 3.8) is 0 Å². The van der Waals surface area contributed by atoms with Crippen LogP contribution in [0.3, 0.4) is 0 Å². The van der Waals surface area contributed by atoms with Gasteiger partial charge in [0.1, 0.15) is 5.01 Å². The third-order valence-electron chi connectivity index (χ3n) is 3.18. The number of thiazole rings is 1. The Morgan fingerprint density at radius 2 is 2.21 bits per heavy atom. The van der Waals surface area contributed by atoms with Crippen molar-refractivity contribution in [1.29, 1.82) is 0 Å². The first kappa shape index (κ1) is 13.9. The molecule has 19 heavy (non-hydrogen) atoms. The molecule has 1 N–H and O–H groups in total. The summed E-state index contributed by atoms with van der Waals surface area (Å²) in [7, 11) is 0. The number of aliphatic hydroxyl groups is 1. The molecule has 0 fully saturated rings. The van der Waals surface area contributed by atoms with E-state index in [2.05, 4.69) is 16.5 Å². The Hall–Kier alpha value is -1.52. The van der Waals surface area contributed by atoms with Gasteiger partial charge in [0, 0.05) is 11.1 Å². The van der Waals surface area contributed by atoms with Crippen LogP contribution in [-0.4, -0.2) is 15.1 Å². The van der Waals surface area contributed by atoms with Crippen LogP contribution in [0.2, 0.25) is 0 Å². The predicted octanol–water partition coefficient (Wildman–Crippen LogP) is 3.36. The van der Waals surface area contributed by atoms with Crippen molar-refractivity contribution >= 4 is 11.3 Å². The summed E-state index contributed by atoms with van der Waals surface area (Å²) in [4.78, 5) is 9.93. The third kappa shape index (κ3) is 2.74. The van der Waals surface area contributed by atoms with Gasteiger partial charge in [-0.15, -0.1) is 17.9 Å². The molecule has 100 valence electrons. The van der Waals surface area contributed by atoms with Crippen molar-refractivity contribution in [2.45, 2.75) is 32.3 Å². The molecule has 0 aliphatic heterocycles. The lowest BCUT2D eigenvalue weighted by Crippen LogP contribution is -2.28. The van der Waals surface area contributed by atoms with E-state index in [4.69, 9.17) is 0 Å². The van der Waals surface area contributed by atoms with Gasteiger partial charge in [0.2, 0.25) is 0 Å². The molecule has 2 aromatic heterocycles. The molecule has 0 bridgehead atoms. The molecule has 0 radical (unpaired) electrons. The maximum Gasteiger partial charge on any atom is 0.158 e. The Morgan fingerprint density at radius 1 is 1.42 bits per heavy atom. The van der Waals surface area contributed by atoms with Crippen LogP contribution < -0.4 is 0 Å². The maximum absolute atomic E-state index is 11.1. The van der Waals surface area contributed by atoms with Crippen molar-refractivity contribution in [3.05, 3.63) is 58.3 Å². The van der Waals surface area contributed by atoms with E-state index in [9.17, 15) is 5.11 Å². The van der Waals surface area contributed by atoms with Gasteiger partial charge in [0.15, 0.2) is 5.60 Å². The van der Waals surface area contributed by atoms with Crippen molar-refractivity contribution < 1.29 is 5.11 Å². The minimum absolute atomic E-state index is 0.542. The van der Waals surface area contributed by atoms with Gasteiger partial charge in [-0.05, 0) is 38.8 Å². The summed E-state index contributed by atoms with van der Waals surface area (Å²) in [6.45, 7) is 7.70. The molecule has 0 aliphatic rings. The first-order valence-electron chi connectivity index (χ1n) is 6.27. The van der Waals surface area contributed by atoms with E-state index >= 15 is 0 Å². The second-order valence-electron chi connectivity index (χ2n) is 4.56. The quantitative estimate of drug-likeness (QED) is 0.850. The maximum atomic E-state index is 11.1. The zero-order valence-corrected chi connectivity index (χ0v) is 12.1. The average Bonchev–Trinajstić information content (AvgIpc) is 2.77. The zero-order chi connectivity index (χ0) is 13.9. The summed E-state index contributed by atoms with van der Waals surface area (Å²) in [5.74, 6) is 0. The zero-order valence-electron chi connectivity index (χ0n) is 11.3. The van der Waals surface area contributed by atoms with Crippen molar-refractivity contribution in [2.75, 3.05) is 0 Å². The van der Waals surface area contributed by atoms with E-state index in [1.807, 2.05) is 32.0 Å². The molecule has 2 heterocycles. The summed E-state index contributed by atoms with van der Waals surface area (Å²) in [6.07, 6.45) is 4.76. The number of hydrogen-bond donors (Lipinski definition) is 1. The Morgan fingerprint density at radius 3 is 2.74 bits per heavy atom. The summed E-state index contributed by atoms with van der Waals surface area (Å²) >= 11 is 1.53. The minimum atomic E-state index is -1.13. The van der Waals surface area contributed by atoms with E-state index in [0.717, 1.165) is 10.6 Å². The normalized spacial score (nSPS) is 14.1. The highest BCUT2D eigenvalue weighted by molar-refractivity contribution is 7.11. The number of pyridine rings is 1. The molecular formula is C15H18N2OS. The molecule has 0 saturated carbocycles. The third-order valence-corrected chi connectivity index (χ3v) is 4.41. The van der Waals surface area contributed by atoms with Crippen LogP contribution in [0.4, 0.5) is 0 Å². The van der Waals surface area contributed by atoms with Gasteiger partial charge in [-0.3, -0.25) is 4.98 Å². The van der Waals surface area contributed by atoms with Crippen LogP contribution in [0.15, 0.2) is 37.1 Å². The van der Waals surface area contributed by atoms with Crippen LogP contribution in [0, 0.1) is 13.8 Å². The number of aromatic nitrogens is 2. The largest absolute Gasteiger partial charge is 0.376 e. The van der Waals surface area contributed by atoms with Crippen molar-refractivity contribution in [3.8, 4) is 0 Å². The first-order valence-corrected chi connectivity index (χ1v) is 7.09. The number of rotatable bonds is 5. The molecule has 2 rings (SSSR count). The lowest BCUT2D eigenvalue weighted by atomic mass is 9.93. The highest BCUT2D eigenvalue weighted by Gasteiger charge is 2.35. The lowest BCUT2D eigenvalue weighted by Gasteiger charge is -2.24. The molecule has 2 aromatic rings. The van der Waals surface area contributed by atoms with Crippen LogP contribution in [0.1, 0.15) is 34.1 Å². The molecule has 0 amide bonds. The summed E-state index contributed by atoms with van der Waals surface area (Å²) in [5, 5.41) is 11.8. The second kappa shape index (κ2) is 5.63. The van der Waals surface area contributed by atoms with E-state index in [1.54, 1.807) is 12.3 Å². The van der Waals surface area contributed by atoms with Crippen LogP contribution in [-0.2, 0) is 5.60 Å². The lowest BCUT2D eigenvalue weighted by molar-refractivity contribution is 0.0671. The molecule has 3 nitrogen and oxygen atoms in total. The molecular weight excluding hydrogens is 256 g/mol. The molecule has 1 unspecified atom stereocenters. The van der Waals surface area contributed by atoms with Crippen molar-refractivity contribution in [1.82, 2.24) is 9.97 Å². The van der Waals surface area contributed by atoms with Gasteiger partial charge >= 0.3 is 0 Å². The van der Waals surface area contributed by atoms with E-state index in [1.165, 1.54) is 11.3 Å². The predicted molar refractivity (Wildman–Crippen MR) is 78.3 cm³/mol. The van der Waals surface area contributed by atoms with E-state index in [-0.39, 0.29) is 0 Å².